The molecule has 0 spiro atoms. The molecule has 0 atom stereocenters. The summed E-state index contributed by atoms with van der Waals surface area (Å²) in [6.07, 6.45) is 0. The molecule has 0 fully saturated rings. The third-order valence-corrected chi connectivity index (χ3v) is 73.1. The van der Waals surface area contributed by atoms with Crippen LogP contribution in [0, 0.1) is 0 Å². The number of hydrogen-bond acceptors (Lipinski definition) is 0. The Bertz CT molecular complexity index is 2040. The average molecular weight is 897 g/mol. The summed E-state index contributed by atoms with van der Waals surface area (Å²) in [4.78, 5) is 0. The van der Waals surface area contributed by atoms with Crippen molar-refractivity contribution in [2.75, 3.05) is 0 Å². The van der Waals surface area contributed by atoms with Crippen LogP contribution in [-0.4, -0.2) is 0 Å². The summed E-state index contributed by atoms with van der Waals surface area (Å²) in [5.41, 5.74) is -9.50. The van der Waals surface area contributed by atoms with E-state index in [4.69, 9.17) is 0 Å². The molecule has 0 bridgehead atoms. The van der Waals surface area contributed by atoms with E-state index < -0.39 is 31.6 Å². The summed E-state index contributed by atoms with van der Waals surface area (Å²) in [6.45, 7) is 0. The second-order valence-electron chi connectivity index (χ2n) is 14.4. The topological polar surface area (TPSA) is 0 Å². The predicted molar refractivity (Wildman–Crippen MR) is 261 cm³/mol. The van der Waals surface area contributed by atoms with Gasteiger partial charge < -0.3 is 0 Å². The van der Waals surface area contributed by atoms with E-state index in [1.54, 1.807) is 0 Å². The quantitative estimate of drug-likeness (QED) is 0.0849. The zero-order valence-corrected chi connectivity index (χ0v) is 37.0. The minimum absolute atomic E-state index is 1.49. The molecular weight excluding hydrogens is 848 g/mol. The zero-order chi connectivity index (χ0) is 39.1. The fourth-order valence-corrected chi connectivity index (χ4v) is 99.6. The average Bonchev–Trinajstić information content (AvgIpc) is 3.33. The van der Waals surface area contributed by atoms with E-state index in [2.05, 4.69) is 273 Å². The van der Waals surface area contributed by atoms with E-state index in [1.807, 2.05) is 0 Å². The van der Waals surface area contributed by atoms with E-state index >= 15 is 0 Å². The molecule has 0 unspecified atom stereocenters. The Morgan fingerprint density at radius 3 is 0.362 bits per heavy atom. The van der Waals surface area contributed by atoms with Crippen molar-refractivity contribution in [2.45, 2.75) is 0 Å². The van der Waals surface area contributed by atoms with Gasteiger partial charge in [0.25, 0.3) is 0 Å². The SMILES string of the molecule is c1ccc([PH](c2ccccc2)(c2ccccc2)[PdH]([PH](c2ccccc2)(c2ccccc2)c2ccccc2)[PH](c2ccccc2)(c2ccccc2)c2ccccc2)cc1. The van der Waals surface area contributed by atoms with Crippen molar-refractivity contribution >= 4 is 64.1 Å². The maximum absolute atomic E-state index is 3.17. The van der Waals surface area contributed by atoms with Gasteiger partial charge in [0, 0.05) is 0 Å². The first-order valence-corrected chi connectivity index (χ1v) is 32.8. The molecule has 0 nitrogen and oxygen atoms in total. The molecule has 290 valence electrons. The van der Waals surface area contributed by atoms with Gasteiger partial charge in [-0.3, -0.25) is 0 Å². The van der Waals surface area contributed by atoms with Crippen molar-refractivity contribution in [3.8, 4) is 0 Å². The Balaban J connectivity index is 1.68. The molecule has 0 aliphatic heterocycles. The second-order valence-corrected chi connectivity index (χ2v) is 47.5. The van der Waals surface area contributed by atoms with Crippen LogP contribution < -0.4 is 47.7 Å². The summed E-state index contributed by atoms with van der Waals surface area (Å²) >= 11 is -2.44. The third kappa shape index (κ3) is 6.58. The van der Waals surface area contributed by atoms with Crippen LogP contribution >= 0.6 is 16.4 Å². The van der Waals surface area contributed by atoms with Crippen LogP contribution in [0.25, 0.3) is 0 Å². The van der Waals surface area contributed by atoms with E-state index in [1.165, 1.54) is 47.7 Å². The Hall–Kier alpha value is -5.07. The molecule has 0 aromatic heterocycles. The molecule has 4 heteroatoms. The Morgan fingerprint density at radius 1 is 0.155 bits per heavy atom. The van der Waals surface area contributed by atoms with Crippen molar-refractivity contribution in [2.24, 2.45) is 0 Å². The van der Waals surface area contributed by atoms with Crippen LogP contribution in [0.15, 0.2) is 273 Å². The fourth-order valence-electron chi connectivity index (χ4n) is 8.87. The molecule has 0 aliphatic carbocycles. The summed E-state index contributed by atoms with van der Waals surface area (Å²) < 4.78 is 0. The first-order valence-electron chi connectivity index (χ1n) is 19.9. The van der Waals surface area contributed by atoms with Gasteiger partial charge in [0.15, 0.2) is 0 Å². The van der Waals surface area contributed by atoms with Crippen molar-refractivity contribution in [3.63, 3.8) is 0 Å². The molecule has 0 amide bonds. The molecule has 0 aliphatic rings. The van der Waals surface area contributed by atoms with Gasteiger partial charge in [-0.25, -0.2) is 0 Å². The first-order chi connectivity index (χ1) is 28.8. The van der Waals surface area contributed by atoms with Crippen LogP contribution in [0.5, 0.6) is 0 Å². The van der Waals surface area contributed by atoms with Crippen molar-refractivity contribution in [3.05, 3.63) is 273 Å². The molecular formula is C54H49P3Pd. The molecule has 0 saturated carbocycles. The van der Waals surface area contributed by atoms with Crippen LogP contribution in [0.1, 0.15) is 0 Å². The van der Waals surface area contributed by atoms with Gasteiger partial charge in [-0.2, -0.15) is 0 Å². The molecule has 0 radical (unpaired) electrons. The summed E-state index contributed by atoms with van der Waals surface area (Å²) in [5, 5.41) is 13.4. The summed E-state index contributed by atoms with van der Waals surface area (Å²) in [5.74, 6) is 0. The minimum atomic E-state index is -3.17. The van der Waals surface area contributed by atoms with Crippen molar-refractivity contribution < 1.29 is 15.3 Å². The summed E-state index contributed by atoms with van der Waals surface area (Å²) in [6, 6.07) is 106. The standard InChI is InChI=1S/3C18H15P.Pd.H/c3*1-4-10-16(11-5-1)19(17-12-6-2-7-13-17)18-14-8-3-9-15-18;;/h3*1-15H;;/q;;;-3;/p+3. The Kier molecular flexibility index (Phi) is 11.6. The van der Waals surface area contributed by atoms with Gasteiger partial charge in [-0.1, -0.05) is 0 Å². The molecule has 9 aromatic carbocycles. The summed E-state index contributed by atoms with van der Waals surface area (Å²) in [7, 11) is 0. The van der Waals surface area contributed by atoms with E-state index in [0.29, 0.717) is 0 Å². The first kappa shape index (κ1) is 38.5. The van der Waals surface area contributed by atoms with E-state index in [9.17, 15) is 0 Å². The normalized spacial score (nSPS) is 13.6. The van der Waals surface area contributed by atoms with Crippen molar-refractivity contribution in [1.29, 1.82) is 0 Å². The second kappa shape index (κ2) is 17.4. The van der Waals surface area contributed by atoms with Gasteiger partial charge in [-0.05, 0) is 0 Å². The molecule has 9 rings (SSSR count). The van der Waals surface area contributed by atoms with Crippen LogP contribution in [0.3, 0.4) is 0 Å². The molecule has 0 saturated heterocycles. The maximum atomic E-state index is 2.50. The predicted octanol–water partition coefficient (Wildman–Crippen LogP) is 9.26. The molecule has 0 N–H and O–H groups in total. The van der Waals surface area contributed by atoms with Gasteiger partial charge in [0.05, 0.1) is 0 Å². The van der Waals surface area contributed by atoms with Crippen LogP contribution in [0.2, 0.25) is 0 Å². The van der Waals surface area contributed by atoms with Gasteiger partial charge >= 0.3 is 352 Å². The van der Waals surface area contributed by atoms with Gasteiger partial charge in [0.1, 0.15) is 0 Å². The zero-order valence-electron chi connectivity index (χ0n) is 32.3. The molecule has 58 heavy (non-hydrogen) atoms. The fraction of sp³-hybridized carbons (Fsp3) is 0. The molecule has 9 aromatic rings. The number of rotatable bonds is 12. The number of hydrogen-bond donors (Lipinski definition) is 0. The van der Waals surface area contributed by atoms with Gasteiger partial charge in [0.2, 0.25) is 0 Å². The van der Waals surface area contributed by atoms with Crippen molar-refractivity contribution in [1.82, 2.24) is 0 Å². The van der Waals surface area contributed by atoms with Gasteiger partial charge in [-0.15, -0.1) is 0 Å². The Labute approximate surface area is 350 Å². The Morgan fingerprint density at radius 2 is 0.259 bits per heavy atom. The van der Waals surface area contributed by atoms with E-state index in [-0.39, 0.29) is 0 Å². The van der Waals surface area contributed by atoms with E-state index in [0.717, 1.165) is 0 Å². The molecule has 0 heterocycles. The van der Waals surface area contributed by atoms with Crippen LogP contribution in [-0.2, 0) is 15.3 Å². The monoisotopic (exact) mass is 896 g/mol. The number of benzene rings is 9. The van der Waals surface area contributed by atoms with Crippen LogP contribution in [0.4, 0.5) is 0 Å². The third-order valence-electron chi connectivity index (χ3n) is 11.2.